The smallest absolute Gasteiger partial charge is 0.290 e. The van der Waals surface area contributed by atoms with Gasteiger partial charge >= 0.3 is 0 Å². The molecule has 7 rings (SSSR count). The lowest BCUT2D eigenvalue weighted by molar-refractivity contribution is -0.129. The normalized spacial score (nSPS) is 17.9. The largest absolute Gasteiger partial charge is 0.491 e. The second-order valence-corrected chi connectivity index (χ2v) is 12.8. The maximum Gasteiger partial charge on any atom is 0.290 e. The topological polar surface area (TPSA) is 49.9 Å². The van der Waals surface area contributed by atoms with Crippen molar-refractivity contribution in [2.45, 2.75) is 29.7 Å². The molecule has 0 N–H and O–H groups in total. The molecular formula is C39H34N2O3S. The quantitative estimate of drug-likeness (QED) is 0.160. The van der Waals surface area contributed by atoms with Crippen LogP contribution in [0.2, 0.25) is 0 Å². The Morgan fingerprint density at radius 1 is 0.711 bits per heavy atom. The lowest BCUT2D eigenvalue weighted by Crippen LogP contribution is -2.51. The highest BCUT2D eigenvalue weighted by molar-refractivity contribution is 8.15. The Kier molecular flexibility index (Phi) is 7.90. The van der Waals surface area contributed by atoms with Gasteiger partial charge in [-0.3, -0.25) is 14.5 Å². The molecule has 5 aromatic carbocycles. The van der Waals surface area contributed by atoms with Crippen LogP contribution in [-0.2, 0) is 23.2 Å². The number of carbonyl (C=O) groups excluding carboxylic acids is 2. The summed E-state index contributed by atoms with van der Waals surface area (Å²) in [6.45, 7) is 0.589. The van der Waals surface area contributed by atoms with Crippen LogP contribution in [-0.4, -0.2) is 41.0 Å². The second-order valence-electron chi connectivity index (χ2n) is 11.6. The Hall–Kier alpha value is -4.81. The zero-order valence-corrected chi connectivity index (χ0v) is 25.9. The average Bonchev–Trinajstić information content (AvgIpc) is 3.56. The second kappa shape index (κ2) is 12.3. The van der Waals surface area contributed by atoms with Crippen LogP contribution >= 0.6 is 11.8 Å². The SMILES string of the molecule is CN1c2ccccc2CC1COc1ccc(CC2SC(=O)N(C(c3ccccc3)(c3ccccc3)c3ccccc3)C2=O)cc1. The molecule has 5 aromatic rings. The van der Waals surface area contributed by atoms with Crippen molar-refractivity contribution in [1.82, 2.24) is 4.90 Å². The highest BCUT2D eigenvalue weighted by Gasteiger charge is 2.53. The summed E-state index contributed by atoms with van der Waals surface area (Å²) in [4.78, 5) is 32.1. The van der Waals surface area contributed by atoms with Gasteiger partial charge in [0.05, 0.1) is 11.3 Å². The third-order valence-electron chi connectivity index (χ3n) is 8.99. The molecule has 2 aliphatic rings. The summed E-state index contributed by atoms with van der Waals surface area (Å²) in [7, 11) is 2.12. The number of anilines is 1. The van der Waals surface area contributed by atoms with E-state index in [4.69, 9.17) is 4.74 Å². The molecule has 0 aromatic heterocycles. The van der Waals surface area contributed by atoms with E-state index in [9.17, 15) is 9.59 Å². The average molecular weight is 611 g/mol. The Labute approximate surface area is 268 Å². The maximum absolute atomic E-state index is 14.4. The first-order valence-electron chi connectivity index (χ1n) is 15.3. The molecule has 2 aliphatic heterocycles. The van der Waals surface area contributed by atoms with Crippen LogP contribution in [0.25, 0.3) is 0 Å². The Balaban J connectivity index is 1.13. The predicted octanol–water partition coefficient (Wildman–Crippen LogP) is 7.73. The number of fused-ring (bicyclic) bond motifs is 1. The molecule has 0 bridgehead atoms. The number of imide groups is 1. The Morgan fingerprint density at radius 3 is 1.80 bits per heavy atom. The molecule has 0 saturated carbocycles. The van der Waals surface area contributed by atoms with Crippen LogP contribution in [0.1, 0.15) is 27.8 Å². The van der Waals surface area contributed by atoms with Gasteiger partial charge in [0.15, 0.2) is 0 Å². The van der Waals surface area contributed by atoms with E-state index in [1.807, 2.05) is 115 Å². The van der Waals surface area contributed by atoms with Crippen LogP contribution in [0.15, 0.2) is 140 Å². The third kappa shape index (κ3) is 5.29. The van der Waals surface area contributed by atoms with Gasteiger partial charge in [-0.05, 0) is 58.9 Å². The number of rotatable bonds is 9. The van der Waals surface area contributed by atoms with Crippen LogP contribution in [0.5, 0.6) is 5.75 Å². The lowest BCUT2D eigenvalue weighted by Gasteiger charge is -2.42. The summed E-state index contributed by atoms with van der Waals surface area (Å²) in [5, 5.41) is -0.784. The van der Waals surface area contributed by atoms with Crippen LogP contribution in [0.4, 0.5) is 10.5 Å². The zero-order chi connectivity index (χ0) is 30.8. The van der Waals surface area contributed by atoms with Crippen molar-refractivity contribution in [1.29, 1.82) is 0 Å². The van der Waals surface area contributed by atoms with Gasteiger partial charge in [-0.15, -0.1) is 0 Å². The fourth-order valence-electron chi connectivity index (χ4n) is 6.73. The van der Waals surface area contributed by atoms with Crippen LogP contribution < -0.4 is 9.64 Å². The van der Waals surface area contributed by atoms with Gasteiger partial charge < -0.3 is 9.64 Å². The first kappa shape index (κ1) is 28.9. The molecular weight excluding hydrogens is 577 g/mol. The highest BCUT2D eigenvalue weighted by atomic mass is 32.2. The molecule has 2 amide bonds. The molecule has 5 nitrogen and oxygen atoms in total. The maximum atomic E-state index is 14.4. The number of hydrogen-bond acceptors (Lipinski definition) is 5. The Morgan fingerprint density at radius 2 is 1.24 bits per heavy atom. The standard InChI is InChI=1S/C39H34N2O3S/c1-40-33(26-29-13-11-12-20-35(29)40)27-44-34-23-21-28(22-24-34)25-36-37(42)41(38(43)45-36)39(30-14-5-2-6-15-30,31-16-7-3-8-17-31)32-18-9-4-10-19-32/h2-24,33,36H,25-27H2,1H3. The fraction of sp³-hybridized carbons (Fsp3) is 0.179. The van der Waals surface area contributed by atoms with E-state index in [0.717, 1.165) is 46.2 Å². The predicted molar refractivity (Wildman–Crippen MR) is 181 cm³/mol. The van der Waals surface area contributed by atoms with Gasteiger partial charge in [0, 0.05) is 12.7 Å². The molecule has 2 unspecified atom stereocenters. The monoisotopic (exact) mass is 610 g/mol. The summed E-state index contributed by atoms with van der Waals surface area (Å²) in [6.07, 6.45) is 1.41. The van der Waals surface area contributed by atoms with Gasteiger partial charge in [-0.2, -0.15) is 0 Å². The van der Waals surface area contributed by atoms with E-state index in [0.29, 0.717) is 13.0 Å². The minimum atomic E-state index is -1.11. The van der Waals surface area contributed by atoms with Crippen molar-refractivity contribution in [2.24, 2.45) is 0 Å². The van der Waals surface area contributed by atoms with Crippen molar-refractivity contribution >= 4 is 28.6 Å². The van der Waals surface area contributed by atoms with Crippen molar-refractivity contribution in [3.05, 3.63) is 167 Å². The summed E-state index contributed by atoms with van der Waals surface area (Å²) in [5.74, 6) is 0.605. The van der Waals surface area contributed by atoms with Gasteiger partial charge in [0.2, 0.25) is 5.91 Å². The highest BCUT2D eigenvalue weighted by Crippen LogP contribution is 2.48. The molecule has 0 radical (unpaired) electrons. The Bertz CT molecular complexity index is 1700. The minimum Gasteiger partial charge on any atom is -0.491 e. The molecule has 6 heteroatoms. The number of ether oxygens (including phenoxy) is 1. The van der Waals surface area contributed by atoms with E-state index in [1.54, 1.807) is 0 Å². The van der Waals surface area contributed by atoms with E-state index in [1.165, 1.54) is 16.2 Å². The van der Waals surface area contributed by atoms with Crippen molar-refractivity contribution in [3.8, 4) is 5.75 Å². The molecule has 45 heavy (non-hydrogen) atoms. The van der Waals surface area contributed by atoms with Crippen molar-refractivity contribution < 1.29 is 14.3 Å². The lowest BCUT2D eigenvalue weighted by atomic mass is 9.75. The van der Waals surface area contributed by atoms with Crippen molar-refractivity contribution in [3.63, 3.8) is 0 Å². The number of amides is 2. The van der Waals surface area contributed by atoms with Crippen LogP contribution in [0.3, 0.4) is 0 Å². The molecule has 1 fully saturated rings. The molecule has 2 heterocycles. The number of para-hydroxylation sites is 1. The number of carbonyl (C=O) groups is 2. The number of thioether (sulfide) groups is 1. The first-order chi connectivity index (χ1) is 22.1. The first-order valence-corrected chi connectivity index (χ1v) is 16.2. The summed E-state index contributed by atoms with van der Waals surface area (Å²) in [5.41, 5.74) is 5.08. The van der Waals surface area contributed by atoms with E-state index >= 15 is 0 Å². The number of likely N-dealkylation sites (N-methyl/N-ethyl adjacent to an activating group) is 1. The van der Waals surface area contributed by atoms with Gasteiger partial charge in [-0.25, -0.2) is 0 Å². The van der Waals surface area contributed by atoms with Gasteiger partial charge in [-0.1, -0.05) is 133 Å². The molecule has 1 saturated heterocycles. The minimum absolute atomic E-state index is 0.189. The van der Waals surface area contributed by atoms with Crippen molar-refractivity contribution in [2.75, 3.05) is 18.6 Å². The molecule has 2 atom stereocenters. The van der Waals surface area contributed by atoms with E-state index < -0.39 is 10.8 Å². The number of nitrogens with zero attached hydrogens (tertiary/aromatic N) is 2. The zero-order valence-electron chi connectivity index (χ0n) is 25.1. The van der Waals surface area contributed by atoms with Gasteiger partial charge in [0.1, 0.15) is 17.9 Å². The van der Waals surface area contributed by atoms with Crippen LogP contribution in [0, 0.1) is 0 Å². The molecule has 0 aliphatic carbocycles. The molecule has 224 valence electrons. The van der Waals surface area contributed by atoms with E-state index in [-0.39, 0.29) is 17.2 Å². The number of benzene rings is 5. The summed E-state index contributed by atoms with van der Waals surface area (Å²) in [6, 6.07) is 46.3. The van der Waals surface area contributed by atoms with E-state index in [2.05, 4.69) is 36.2 Å². The molecule has 0 spiro atoms. The van der Waals surface area contributed by atoms with Gasteiger partial charge in [0.25, 0.3) is 5.24 Å². The summed E-state index contributed by atoms with van der Waals surface area (Å²) < 4.78 is 6.19. The fourth-order valence-corrected chi connectivity index (χ4v) is 7.79. The third-order valence-corrected chi connectivity index (χ3v) is 10.0. The number of hydrogen-bond donors (Lipinski definition) is 0. The summed E-state index contributed by atoms with van der Waals surface area (Å²) >= 11 is 1.11.